The largest absolute Gasteiger partial charge is 0.444 e. The highest BCUT2D eigenvalue weighted by molar-refractivity contribution is 5.69. The van der Waals surface area contributed by atoms with E-state index in [1.54, 1.807) is 0 Å². The highest BCUT2D eigenvalue weighted by atomic mass is 16.6. The van der Waals surface area contributed by atoms with Crippen molar-refractivity contribution in [2.24, 2.45) is 23.7 Å². The number of amides is 1. The van der Waals surface area contributed by atoms with Gasteiger partial charge in [0.05, 0.1) is 0 Å². The Balaban J connectivity index is 1.25. The summed E-state index contributed by atoms with van der Waals surface area (Å²) in [6, 6.07) is 1.45. The van der Waals surface area contributed by atoms with Crippen LogP contribution in [0.4, 0.5) is 4.79 Å². The van der Waals surface area contributed by atoms with Crippen LogP contribution >= 0.6 is 0 Å². The molecule has 21 heavy (non-hydrogen) atoms. The summed E-state index contributed by atoms with van der Waals surface area (Å²) >= 11 is 0. The molecular weight excluding hydrogens is 264 g/mol. The number of rotatable bonds is 2. The van der Waals surface area contributed by atoms with E-state index in [4.69, 9.17) is 4.74 Å². The van der Waals surface area contributed by atoms with Gasteiger partial charge in [-0.25, -0.2) is 4.79 Å². The van der Waals surface area contributed by atoms with Crippen LogP contribution in [0.15, 0.2) is 0 Å². The van der Waals surface area contributed by atoms with Crippen LogP contribution in [-0.4, -0.2) is 41.8 Å². The summed E-state index contributed by atoms with van der Waals surface area (Å²) in [6.07, 6.45) is 5.63. The first-order valence-electron chi connectivity index (χ1n) is 8.65. The Hall–Kier alpha value is -0.770. The van der Waals surface area contributed by atoms with Crippen LogP contribution in [0.1, 0.15) is 46.5 Å². The molecule has 1 amide bonds. The second kappa shape index (κ2) is 4.61. The maximum absolute atomic E-state index is 12.1. The summed E-state index contributed by atoms with van der Waals surface area (Å²) in [5.41, 5.74) is -0.384. The predicted molar refractivity (Wildman–Crippen MR) is 80.9 cm³/mol. The second-order valence-corrected chi connectivity index (χ2v) is 8.69. The lowest BCUT2D eigenvalue weighted by Gasteiger charge is -2.28. The van der Waals surface area contributed by atoms with Gasteiger partial charge in [0.2, 0.25) is 0 Å². The van der Waals surface area contributed by atoms with E-state index < -0.39 is 0 Å². The Morgan fingerprint density at radius 3 is 2.38 bits per heavy atom. The minimum atomic E-state index is -0.384. The molecule has 1 N–H and O–H groups in total. The van der Waals surface area contributed by atoms with Crippen LogP contribution in [0.3, 0.4) is 0 Å². The zero-order valence-corrected chi connectivity index (χ0v) is 13.5. The fourth-order valence-corrected chi connectivity index (χ4v) is 4.95. The molecule has 5 atom stereocenters. The molecule has 4 fully saturated rings. The summed E-state index contributed by atoms with van der Waals surface area (Å²) in [4.78, 5) is 14.0. The van der Waals surface area contributed by atoms with E-state index in [0.717, 1.165) is 31.0 Å². The number of carbonyl (C=O) groups excluding carboxylic acids is 1. The molecule has 0 radical (unpaired) electrons. The van der Waals surface area contributed by atoms with Gasteiger partial charge in [-0.05, 0) is 63.7 Å². The van der Waals surface area contributed by atoms with Crippen molar-refractivity contribution in [1.29, 1.82) is 0 Å². The fourth-order valence-electron chi connectivity index (χ4n) is 4.95. The highest BCUT2D eigenvalue weighted by Crippen LogP contribution is 2.50. The third-order valence-corrected chi connectivity index (χ3v) is 5.99. The first kappa shape index (κ1) is 13.9. The molecule has 3 saturated carbocycles. The molecular formula is C17H28N2O2. The zero-order chi connectivity index (χ0) is 14.8. The number of likely N-dealkylation sites (tertiary alicyclic amines) is 1. The Bertz CT molecular complexity index is 433. The van der Waals surface area contributed by atoms with E-state index in [2.05, 4.69) is 5.32 Å². The Kier molecular flexibility index (Phi) is 3.04. The maximum Gasteiger partial charge on any atom is 0.410 e. The van der Waals surface area contributed by atoms with E-state index in [0.29, 0.717) is 17.9 Å². The fraction of sp³-hybridized carbons (Fsp3) is 0.941. The van der Waals surface area contributed by atoms with Gasteiger partial charge in [-0.2, -0.15) is 0 Å². The van der Waals surface area contributed by atoms with Crippen molar-refractivity contribution in [1.82, 2.24) is 10.2 Å². The van der Waals surface area contributed by atoms with Crippen LogP contribution < -0.4 is 5.32 Å². The van der Waals surface area contributed by atoms with Crippen molar-refractivity contribution in [3.63, 3.8) is 0 Å². The maximum atomic E-state index is 12.1. The summed E-state index contributed by atoms with van der Waals surface area (Å²) in [6.45, 7) is 7.57. The lowest BCUT2D eigenvalue weighted by atomic mass is 9.95. The van der Waals surface area contributed by atoms with Gasteiger partial charge in [-0.1, -0.05) is 6.42 Å². The van der Waals surface area contributed by atoms with Gasteiger partial charge in [0.25, 0.3) is 0 Å². The van der Waals surface area contributed by atoms with Crippen molar-refractivity contribution in [3.8, 4) is 0 Å². The van der Waals surface area contributed by atoms with Gasteiger partial charge in [0.15, 0.2) is 0 Å². The number of nitrogens with zero attached hydrogens (tertiary/aromatic N) is 1. The molecule has 4 rings (SSSR count). The molecule has 1 saturated heterocycles. The number of piperidine rings is 1. The van der Waals surface area contributed by atoms with E-state index in [1.807, 2.05) is 25.7 Å². The number of fused-ring (bicyclic) bond motifs is 3. The number of ether oxygens (including phenoxy) is 1. The molecule has 1 heterocycles. The summed E-state index contributed by atoms with van der Waals surface area (Å²) in [5.74, 6) is 3.30. The van der Waals surface area contributed by atoms with Gasteiger partial charge in [-0.3, -0.25) is 0 Å². The minimum absolute atomic E-state index is 0.131. The SMILES string of the molecule is CC(C)(C)OC(=O)N1CC2C(C1)C2NC1CC2CCC1C2. The number of carbonyl (C=O) groups is 1. The quantitative estimate of drug-likeness (QED) is 0.850. The van der Waals surface area contributed by atoms with Crippen LogP contribution in [0.5, 0.6) is 0 Å². The summed E-state index contributed by atoms with van der Waals surface area (Å²) < 4.78 is 5.47. The van der Waals surface area contributed by atoms with Gasteiger partial charge >= 0.3 is 6.09 Å². The number of hydrogen-bond acceptors (Lipinski definition) is 3. The lowest BCUT2D eigenvalue weighted by Crippen LogP contribution is -2.42. The molecule has 4 heteroatoms. The van der Waals surface area contributed by atoms with E-state index >= 15 is 0 Å². The first-order valence-corrected chi connectivity index (χ1v) is 8.65. The molecule has 118 valence electrons. The van der Waals surface area contributed by atoms with Crippen LogP contribution in [0, 0.1) is 23.7 Å². The molecule has 0 aromatic rings. The van der Waals surface area contributed by atoms with Crippen LogP contribution in [0.2, 0.25) is 0 Å². The van der Waals surface area contributed by atoms with Crippen molar-refractivity contribution in [2.45, 2.75) is 64.1 Å². The number of hydrogen-bond donors (Lipinski definition) is 1. The standard InChI is InChI=1S/C17H28N2O2/c1-17(2,3)21-16(20)19-8-12-13(9-19)15(12)18-14-7-10-4-5-11(14)6-10/h10-15,18H,4-9H2,1-3H3. The average Bonchev–Trinajstić information content (AvgIpc) is 2.87. The minimum Gasteiger partial charge on any atom is -0.444 e. The normalized spacial score (nSPS) is 44.0. The van der Waals surface area contributed by atoms with Gasteiger partial charge in [0, 0.05) is 25.2 Å². The average molecular weight is 292 g/mol. The molecule has 4 aliphatic rings. The molecule has 4 nitrogen and oxygen atoms in total. The topological polar surface area (TPSA) is 41.6 Å². The molecule has 1 aliphatic heterocycles. The molecule has 0 aromatic heterocycles. The Morgan fingerprint density at radius 1 is 1.14 bits per heavy atom. The summed E-state index contributed by atoms with van der Waals surface area (Å²) in [5, 5.41) is 3.92. The smallest absolute Gasteiger partial charge is 0.410 e. The van der Waals surface area contributed by atoms with E-state index in [-0.39, 0.29) is 11.7 Å². The molecule has 3 aliphatic carbocycles. The predicted octanol–water partition coefficient (Wildman–Crippen LogP) is 2.63. The molecule has 5 unspecified atom stereocenters. The third kappa shape index (κ3) is 2.56. The molecule has 0 aromatic carbocycles. The van der Waals surface area contributed by atoms with Crippen molar-refractivity contribution >= 4 is 6.09 Å². The lowest BCUT2D eigenvalue weighted by molar-refractivity contribution is 0.0268. The molecule has 2 bridgehead atoms. The Morgan fingerprint density at radius 2 is 1.86 bits per heavy atom. The van der Waals surface area contributed by atoms with Gasteiger partial charge in [0.1, 0.15) is 5.60 Å². The van der Waals surface area contributed by atoms with Crippen LogP contribution in [-0.2, 0) is 4.74 Å². The van der Waals surface area contributed by atoms with Crippen molar-refractivity contribution in [2.75, 3.05) is 13.1 Å². The zero-order valence-electron chi connectivity index (χ0n) is 13.5. The van der Waals surface area contributed by atoms with Gasteiger partial charge in [-0.15, -0.1) is 0 Å². The van der Waals surface area contributed by atoms with Crippen molar-refractivity contribution < 1.29 is 9.53 Å². The summed E-state index contributed by atoms with van der Waals surface area (Å²) in [7, 11) is 0. The molecule has 0 spiro atoms. The van der Waals surface area contributed by atoms with E-state index in [1.165, 1.54) is 25.7 Å². The monoisotopic (exact) mass is 292 g/mol. The van der Waals surface area contributed by atoms with Gasteiger partial charge < -0.3 is 15.0 Å². The second-order valence-electron chi connectivity index (χ2n) is 8.69. The number of nitrogens with one attached hydrogen (secondary N) is 1. The first-order chi connectivity index (χ1) is 9.90. The Labute approximate surface area is 127 Å². The highest BCUT2D eigenvalue weighted by Gasteiger charge is 2.58. The third-order valence-electron chi connectivity index (χ3n) is 5.99. The van der Waals surface area contributed by atoms with Crippen LogP contribution in [0.25, 0.3) is 0 Å². The van der Waals surface area contributed by atoms with E-state index in [9.17, 15) is 4.79 Å². The van der Waals surface area contributed by atoms with Crippen molar-refractivity contribution in [3.05, 3.63) is 0 Å².